The molecular formula is C13H21N3O4. The SMILES string of the molecule is CCNc1cc([N+](=O)[O-])cc(OCCC(C)(C)OC)n1. The van der Waals surface area contributed by atoms with E-state index in [1.54, 1.807) is 7.11 Å². The van der Waals surface area contributed by atoms with Crippen LogP contribution in [0.5, 0.6) is 5.88 Å². The Labute approximate surface area is 118 Å². The van der Waals surface area contributed by atoms with Crippen molar-refractivity contribution in [3.63, 3.8) is 0 Å². The molecule has 1 heterocycles. The summed E-state index contributed by atoms with van der Waals surface area (Å²) in [5.41, 5.74) is -0.345. The van der Waals surface area contributed by atoms with Crippen LogP contribution < -0.4 is 10.1 Å². The molecule has 0 unspecified atom stereocenters. The Hall–Kier alpha value is -1.89. The number of ether oxygens (including phenoxy) is 2. The standard InChI is InChI=1S/C13H21N3O4/c1-5-14-11-8-10(16(17)18)9-12(15-11)20-7-6-13(2,3)19-4/h8-9H,5-7H2,1-4H3,(H,14,15). The highest BCUT2D eigenvalue weighted by atomic mass is 16.6. The third kappa shape index (κ3) is 5.00. The first kappa shape index (κ1) is 16.2. The zero-order valence-corrected chi connectivity index (χ0v) is 12.3. The molecular weight excluding hydrogens is 262 g/mol. The van der Waals surface area contributed by atoms with Crippen LogP contribution in [0.2, 0.25) is 0 Å². The van der Waals surface area contributed by atoms with E-state index >= 15 is 0 Å². The topological polar surface area (TPSA) is 86.5 Å². The summed E-state index contributed by atoms with van der Waals surface area (Å²) < 4.78 is 10.8. The van der Waals surface area contributed by atoms with Gasteiger partial charge < -0.3 is 14.8 Å². The highest BCUT2D eigenvalue weighted by Gasteiger charge is 2.17. The summed E-state index contributed by atoms with van der Waals surface area (Å²) in [6.07, 6.45) is 0.657. The monoisotopic (exact) mass is 283 g/mol. The quantitative estimate of drug-likeness (QED) is 0.583. The van der Waals surface area contributed by atoms with Crippen molar-refractivity contribution in [2.75, 3.05) is 25.6 Å². The molecule has 0 aliphatic heterocycles. The van der Waals surface area contributed by atoms with E-state index < -0.39 is 4.92 Å². The lowest BCUT2D eigenvalue weighted by Crippen LogP contribution is -2.25. The molecule has 0 atom stereocenters. The molecule has 20 heavy (non-hydrogen) atoms. The van der Waals surface area contributed by atoms with Crippen LogP contribution >= 0.6 is 0 Å². The Bertz CT molecular complexity index is 463. The highest BCUT2D eigenvalue weighted by molar-refractivity contribution is 5.48. The smallest absolute Gasteiger partial charge is 0.278 e. The fraction of sp³-hybridized carbons (Fsp3) is 0.615. The van der Waals surface area contributed by atoms with Gasteiger partial charge in [-0.3, -0.25) is 10.1 Å². The molecule has 0 fully saturated rings. The van der Waals surface area contributed by atoms with E-state index in [1.165, 1.54) is 12.1 Å². The van der Waals surface area contributed by atoms with E-state index in [4.69, 9.17) is 9.47 Å². The fourth-order valence-corrected chi connectivity index (χ4v) is 1.45. The molecule has 7 heteroatoms. The second kappa shape index (κ2) is 7.04. The van der Waals surface area contributed by atoms with Gasteiger partial charge in [-0.2, -0.15) is 4.98 Å². The fourth-order valence-electron chi connectivity index (χ4n) is 1.45. The van der Waals surface area contributed by atoms with E-state index in [1.807, 2.05) is 20.8 Å². The van der Waals surface area contributed by atoms with E-state index in [0.29, 0.717) is 25.4 Å². The van der Waals surface area contributed by atoms with Gasteiger partial charge in [0.05, 0.1) is 29.3 Å². The molecule has 1 aromatic heterocycles. The molecule has 7 nitrogen and oxygen atoms in total. The number of hydrogen-bond donors (Lipinski definition) is 1. The molecule has 0 spiro atoms. The molecule has 0 amide bonds. The number of nitro groups is 1. The Kier molecular flexibility index (Phi) is 5.69. The van der Waals surface area contributed by atoms with Crippen LogP contribution in [0, 0.1) is 10.1 Å². The van der Waals surface area contributed by atoms with Gasteiger partial charge in [-0.1, -0.05) is 0 Å². The van der Waals surface area contributed by atoms with Gasteiger partial charge in [0.1, 0.15) is 5.82 Å². The molecule has 0 aliphatic rings. The summed E-state index contributed by atoms with van der Waals surface area (Å²) in [5, 5.41) is 13.8. The summed E-state index contributed by atoms with van der Waals surface area (Å²) >= 11 is 0. The lowest BCUT2D eigenvalue weighted by molar-refractivity contribution is -0.384. The molecule has 0 saturated heterocycles. The Morgan fingerprint density at radius 2 is 2.15 bits per heavy atom. The molecule has 112 valence electrons. The van der Waals surface area contributed by atoms with Crippen molar-refractivity contribution < 1.29 is 14.4 Å². The number of hydrogen-bond acceptors (Lipinski definition) is 6. The Morgan fingerprint density at radius 3 is 2.70 bits per heavy atom. The predicted molar refractivity (Wildman–Crippen MR) is 76.3 cm³/mol. The first-order valence-corrected chi connectivity index (χ1v) is 6.46. The van der Waals surface area contributed by atoms with Crippen molar-refractivity contribution in [2.45, 2.75) is 32.8 Å². The molecule has 1 aromatic rings. The average Bonchev–Trinajstić information content (AvgIpc) is 2.38. The maximum absolute atomic E-state index is 10.9. The van der Waals surface area contributed by atoms with Gasteiger partial charge in [0, 0.05) is 20.1 Å². The summed E-state index contributed by atoms with van der Waals surface area (Å²) in [6.45, 7) is 6.79. The van der Waals surface area contributed by atoms with Crippen LogP contribution in [0.25, 0.3) is 0 Å². The lowest BCUT2D eigenvalue weighted by atomic mass is 10.1. The average molecular weight is 283 g/mol. The largest absolute Gasteiger partial charge is 0.477 e. The van der Waals surface area contributed by atoms with E-state index in [2.05, 4.69) is 10.3 Å². The van der Waals surface area contributed by atoms with Crippen molar-refractivity contribution in [1.29, 1.82) is 0 Å². The normalized spacial score (nSPS) is 11.2. The summed E-state index contributed by atoms with van der Waals surface area (Å²) in [7, 11) is 1.63. The number of rotatable bonds is 8. The number of methoxy groups -OCH3 is 1. The zero-order chi connectivity index (χ0) is 15.2. The number of anilines is 1. The van der Waals surface area contributed by atoms with E-state index in [9.17, 15) is 10.1 Å². The third-order valence-corrected chi connectivity index (χ3v) is 2.86. The second-order valence-corrected chi connectivity index (χ2v) is 4.90. The summed E-state index contributed by atoms with van der Waals surface area (Å²) in [4.78, 5) is 14.6. The molecule has 0 radical (unpaired) electrons. The Balaban J connectivity index is 2.76. The first-order chi connectivity index (χ1) is 9.38. The number of nitrogens with zero attached hydrogens (tertiary/aromatic N) is 2. The van der Waals surface area contributed by atoms with Gasteiger partial charge in [0.25, 0.3) is 5.69 Å². The minimum absolute atomic E-state index is 0.0445. The zero-order valence-electron chi connectivity index (χ0n) is 12.3. The minimum atomic E-state index is -0.464. The summed E-state index contributed by atoms with van der Waals surface area (Å²) in [5.74, 6) is 0.671. The van der Waals surface area contributed by atoms with E-state index in [-0.39, 0.29) is 17.2 Å². The summed E-state index contributed by atoms with van der Waals surface area (Å²) in [6, 6.07) is 2.70. The van der Waals surface area contributed by atoms with Crippen molar-refractivity contribution >= 4 is 11.5 Å². The van der Waals surface area contributed by atoms with Crippen molar-refractivity contribution in [3.05, 3.63) is 22.2 Å². The van der Waals surface area contributed by atoms with Gasteiger partial charge in [0.2, 0.25) is 5.88 Å². The van der Waals surface area contributed by atoms with Crippen molar-refractivity contribution in [2.24, 2.45) is 0 Å². The van der Waals surface area contributed by atoms with Gasteiger partial charge in [-0.25, -0.2) is 0 Å². The number of aromatic nitrogens is 1. The van der Waals surface area contributed by atoms with Crippen molar-refractivity contribution in [1.82, 2.24) is 4.98 Å². The first-order valence-electron chi connectivity index (χ1n) is 6.46. The lowest BCUT2D eigenvalue weighted by Gasteiger charge is -2.22. The maximum atomic E-state index is 10.9. The van der Waals surface area contributed by atoms with Crippen LogP contribution in [0.4, 0.5) is 11.5 Å². The third-order valence-electron chi connectivity index (χ3n) is 2.86. The molecule has 0 aliphatic carbocycles. The molecule has 0 saturated carbocycles. The van der Waals surface area contributed by atoms with Crippen molar-refractivity contribution in [3.8, 4) is 5.88 Å². The Morgan fingerprint density at radius 1 is 1.45 bits per heavy atom. The second-order valence-electron chi connectivity index (χ2n) is 4.90. The van der Waals surface area contributed by atoms with Gasteiger partial charge in [-0.15, -0.1) is 0 Å². The van der Waals surface area contributed by atoms with Crippen LogP contribution in [0.1, 0.15) is 27.2 Å². The van der Waals surface area contributed by atoms with Crippen LogP contribution in [-0.4, -0.2) is 35.8 Å². The van der Waals surface area contributed by atoms with Gasteiger partial charge in [0.15, 0.2) is 0 Å². The molecule has 1 rings (SSSR count). The molecule has 0 aromatic carbocycles. The predicted octanol–water partition coefficient (Wildman–Crippen LogP) is 2.62. The molecule has 1 N–H and O–H groups in total. The van der Waals surface area contributed by atoms with E-state index in [0.717, 1.165) is 0 Å². The maximum Gasteiger partial charge on any atom is 0.278 e. The number of nitrogens with one attached hydrogen (secondary N) is 1. The number of pyridine rings is 1. The minimum Gasteiger partial charge on any atom is -0.477 e. The highest BCUT2D eigenvalue weighted by Crippen LogP contribution is 2.23. The van der Waals surface area contributed by atoms with Crippen LogP contribution in [0.15, 0.2) is 12.1 Å². The van der Waals surface area contributed by atoms with Gasteiger partial charge in [-0.05, 0) is 20.8 Å². The molecule has 0 bridgehead atoms. The van der Waals surface area contributed by atoms with Gasteiger partial charge >= 0.3 is 0 Å². The van der Waals surface area contributed by atoms with Crippen LogP contribution in [-0.2, 0) is 4.74 Å². The van der Waals surface area contributed by atoms with Crippen LogP contribution in [0.3, 0.4) is 0 Å².